The predicted molar refractivity (Wildman–Crippen MR) is 80.4 cm³/mol. The van der Waals surface area contributed by atoms with Gasteiger partial charge in [-0.25, -0.2) is 0 Å². The summed E-state index contributed by atoms with van der Waals surface area (Å²) >= 11 is 0. The van der Waals surface area contributed by atoms with Crippen LogP contribution in [0.25, 0.3) is 0 Å². The summed E-state index contributed by atoms with van der Waals surface area (Å²) in [6.45, 7) is 1.97. The highest BCUT2D eigenvalue weighted by Crippen LogP contribution is 2.29. The second-order valence-electron chi connectivity index (χ2n) is 5.91. The third-order valence-corrected chi connectivity index (χ3v) is 4.43. The van der Waals surface area contributed by atoms with Crippen molar-refractivity contribution >= 4 is 11.8 Å². The monoisotopic (exact) mass is 284 g/mol. The van der Waals surface area contributed by atoms with Gasteiger partial charge in [0.1, 0.15) is 5.54 Å². The van der Waals surface area contributed by atoms with Gasteiger partial charge in [0.2, 0.25) is 5.91 Å². The number of nitrogens with zero attached hydrogens (tertiary/aromatic N) is 1. The first kappa shape index (κ1) is 13.9. The first-order valence-corrected chi connectivity index (χ1v) is 7.44. The molecule has 0 saturated carbocycles. The number of piperazine rings is 1. The van der Waals surface area contributed by atoms with Gasteiger partial charge in [0, 0.05) is 6.04 Å². The summed E-state index contributed by atoms with van der Waals surface area (Å²) in [5.41, 5.74) is -0.128. The minimum Gasteiger partial charge on any atom is -0.337 e. The van der Waals surface area contributed by atoms with Crippen LogP contribution in [0, 0.1) is 0 Å². The van der Waals surface area contributed by atoms with E-state index in [1.165, 1.54) is 0 Å². The smallest absolute Gasteiger partial charge is 0.253 e. The molecule has 21 heavy (non-hydrogen) atoms. The topological polar surface area (TPSA) is 49.4 Å². The van der Waals surface area contributed by atoms with Crippen molar-refractivity contribution in [2.45, 2.75) is 37.8 Å². The fraction of sp³-hybridized carbons (Fsp3) is 0.412. The van der Waals surface area contributed by atoms with Gasteiger partial charge in [0.05, 0.1) is 6.54 Å². The van der Waals surface area contributed by atoms with Crippen molar-refractivity contribution in [3.05, 3.63) is 48.0 Å². The van der Waals surface area contributed by atoms with Crippen LogP contribution in [0.15, 0.2) is 42.5 Å². The van der Waals surface area contributed by atoms with Crippen molar-refractivity contribution in [3.63, 3.8) is 0 Å². The van der Waals surface area contributed by atoms with Crippen LogP contribution in [0.4, 0.5) is 0 Å². The van der Waals surface area contributed by atoms with Crippen molar-refractivity contribution in [2.75, 3.05) is 6.54 Å². The minimum absolute atomic E-state index is 0.00593. The zero-order valence-electron chi connectivity index (χ0n) is 12.2. The van der Waals surface area contributed by atoms with Crippen LogP contribution >= 0.6 is 0 Å². The van der Waals surface area contributed by atoms with E-state index in [2.05, 4.69) is 17.5 Å². The molecule has 2 aliphatic rings. The largest absolute Gasteiger partial charge is 0.337 e. The van der Waals surface area contributed by atoms with Crippen LogP contribution in [0.5, 0.6) is 0 Å². The Bertz CT molecular complexity index is 582. The number of carbonyl (C=O) groups excluding carboxylic acids is 2. The molecular formula is C17H20N2O2. The highest BCUT2D eigenvalue weighted by Gasteiger charge is 2.46. The Morgan fingerprint density at radius 1 is 1.19 bits per heavy atom. The van der Waals surface area contributed by atoms with Crippen molar-refractivity contribution in [3.8, 4) is 0 Å². The minimum atomic E-state index is -0.961. The van der Waals surface area contributed by atoms with E-state index < -0.39 is 5.54 Å². The number of allylic oxidation sites excluding steroid dienone is 1. The second-order valence-corrected chi connectivity index (χ2v) is 5.91. The van der Waals surface area contributed by atoms with Crippen LogP contribution in [0.3, 0.4) is 0 Å². The molecule has 4 heteroatoms. The molecule has 1 N–H and O–H groups in total. The van der Waals surface area contributed by atoms with E-state index >= 15 is 0 Å². The molecule has 3 rings (SSSR count). The van der Waals surface area contributed by atoms with Gasteiger partial charge in [-0.05, 0) is 31.7 Å². The van der Waals surface area contributed by atoms with Gasteiger partial charge in [0.25, 0.3) is 5.91 Å². The Labute approximate surface area is 124 Å². The zero-order valence-corrected chi connectivity index (χ0v) is 12.2. The van der Waals surface area contributed by atoms with Crippen LogP contribution in [-0.2, 0) is 15.1 Å². The number of hydrogen-bond acceptors (Lipinski definition) is 2. The Hall–Kier alpha value is -2.10. The Morgan fingerprint density at radius 2 is 1.95 bits per heavy atom. The highest BCUT2D eigenvalue weighted by atomic mass is 16.2. The molecular weight excluding hydrogens is 264 g/mol. The zero-order chi connectivity index (χ0) is 14.9. The number of hydrogen-bond donors (Lipinski definition) is 1. The first-order valence-electron chi connectivity index (χ1n) is 7.44. The van der Waals surface area contributed by atoms with Crippen LogP contribution < -0.4 is 5.32 Å². The van der Waals surface area contributed by atoms with Gasteiger partial charge in [0.15, 0.2) is 0 Å². The molecule has 2 amide bonds. The fourth-order valence-corrected chi connectivity index (χ4v) is 3.21. The predicted octanol–water partition coefficient (Wildman–Crippen LogP) is 1.97. The van der Waals surface area contributed by atoms with Crippen molar-refractivity contribution in [2.24, 2.45) is 0 Å². The Morgan fingerprint density at radius 3 is 2.62 bits per heavy atom. The van der Waals surface area contributed by atoms with E-state index in [1.807, 2.05) is 30.3 Å². The van der Waals surface area contributed by atoms with Crippen molar-refractivity contribution in [1.82, 2.24) is 10.2 Å². The maximum Gasteiger partial charge on any atom is 0.253 e. The quantitative estimate of drug-likeness (QED) is 0.844. The molecule has 1 saturated heterocycles. The van der Waals surface area contributed by atoms with Crippen LogP contribution in [0.2, 0.25) is 0 Å². The third kappa shape index (κ3) is 2.46. The van der Waals surface area contributed by atoms with E-state index in [0.29, 0.717) is 0 Å². The second kappa shape index (κ2) is 5.35. The summed E-state index contributed by atoms with van der Waals surface area (Å²) in [4.78, 5) is 26.9. The molecule has 1 aromatic rings. The normalized spacial score (nSPS) is 29.4. The molecule has 4 nitrogen and oxygen atoms in total. The molecule has 1 fully saturated rings. The number of benzene rings is 1. The maximum atomic E-state index is 13.0. The van der Waals surface area contributed by atoms with Crippen molar-refractivity contribution < 1.29 is 9.59 Å². The lowest BCUT2D eigenvalue weighted by Gasteiger charge is -2.43. The van der Waals surface area contributed by atoms with E-state index in [9.17, 15) is 9.59 Å². The van der Waals surface area contributed by atoms with Gasteiger partial charge in [-0.3, -0.25) is 9.59 Å². The van der Waals surface area contributed by atoms with Gasteiger partial charge in [-0.1, -0.05) is 42.5 Å². The van der Waals surface area contributed by atoms with E-state index in [1.54, 1.807) is 11.8 Å². The summed E-state index contributed by atoms with van der Waals surface area (Å²) in [7, 11) is 0. The molecule has 2 unspecified atom stereocenters. The number of rotatable bonds is 2. The first-order chi connectivity index (χ1) is 10.1. The van der Waals surface area contributed by atoms with E-state index in [4.69, 9.17) is 0 Å². The summed E-state index contributed by atoms with van der Waals surface area (Å²) < 4.78 is 0. The van der Waals surface area contributed by atoms with Gasteiger partial charge < -0.3 is 10.2 Å². The summed E-state index contributed by atoms with van der Waals surface area (Å²) in [5.74, 6) is -0.0934. The molecule has 1 heterocycles. The third-order valence-electron chi connectivity index (χ3n) is 4.43. The number of nitrogens with one attached hydrogen (secondary N) is 1. The lowest BCUT2D eigenvalue weighted by Crippen LogP contribution is -2.65. The molecule has 1 aromatic carbocycles. The molecule has 1 aliphatic heterocycles. The number of amides is 2. The maximum absolute atomic E-state index is 13.0. The van der Waals surface area contributed by atoms with Crippen LogP contribution in [0.1, 0.15) is 31.7 Å². The molecule has 0 radical (unpaired) electrons. The molecule has 0 bridgehead atoms. The van der Waals surface area contributed by atoms with E-state index in [0.717, 1.165) is 24.8 Å². The SMILES string of the molecule is CC1(c2ccccc2)NC(=O)CN(C2CC=CCC2)C1=O. The molecule has 0 aromatic heterocycles. The van der Waals surface area contributed by atoms with Gasteiger partial charge >= 0.3 is 0 Å². The highest BCUT2D eigenvalue weighted by molar-refractivity contribution is 5.98. The lowest BCUT2D eigenvalue weighted by molar-refractivity contribution is -0.152. The average Bonchev–Trinajstić information content (AvgIpc) is 2.52. The average molecular weight is 284 g/mol. The summed E-state index contributed by atoms with van der Waals surface area (Å²) in [5, 5.41) is 2.88. The molecule has 2 atom stereocenters. The van der Waals surface area contributed by atoms with Gasteiger partial charge in [-0.2, -0.15) is 0 Å². The number of carbonyl (C=O) groups is 2. The van der Waals surface area contributed by atoms with Gasteiger partial charge in [-0.15, -0.1) is 0 Å². The standard InChI is InChI=1S/C17H20N2O2/c1-17(13-8-4-2-5-9-13)16(21)19(12-15(20)18-17)14-10-6-3-7-11-14/h2-6,8-9,14H,7,10-12H2,1H3,(H,18,20). The summed E-state index contributed by atoms with van der Waals surface area (Å²) in [6.07, 6.45) is 6.98. The summed E-state index contributed by atoms with van der Waals surface area (Å²) in [6, 6.07) is 9.61. The Kier molecular flexibility index (Phi) is 3.53. The molecule has 110 valence electrons. The molecule has 1 aliphatic carbocycles. The Balaban J connectivity index is 1.93. The van der Waals surface area contributed by atoms with Crippen molar-refractivity contribution in [1.29, 1.82) is 0 Å². The fourth-order valence-electron chi connectivity index (χ4n) is 3.21. The van der Waals surface area contributed by atoms with E-state index in [-0.39, 0.29) is 24.4 Å². The lowest BCUT2D eigenvalue weighted by atomic mass is 9.86. The molecule has 0 spiro atoms. The van der Waals surface area contributed by atoms with Crippen LogP contribution in [-0.4, -0.2) is 29.3 Å².